The molecule has 1 fully saturated rings. The third-order valence-corrected chi connectivity index (χ3v) is 4.39. The average molecular weight is 415 g/mol. The van der Waals surface area contributed by atoms with Crippen LogP contribution in [-0.4, -0.2) is 69.0 Å². The molecule has 2 aromatic carbocycles. The summed E-state index contributed by atoms with van der Waals surface area (Å²) in [4.78, 5) is 45.2. The number of piperazine rings is 1. The number of carbonyl (C=O) groups excluding carboxylic acids is 1. The molecule has 0 radical (unpaired) electrons. The molecule has 30 heavy (non-hydrogen) atoms. The number of non-ortho nitro benzene ring substituents is 1. The summed E-state index contributed by atoms with van der Waals surface area (Å²) < 4.78 is 0. The summed E-state index contributed by atoms with van der Waals surface area (Å²) in [5.41, 5.74) is 1.75. The number of carbonyl (C=O) groups is 3. The molecule has 0 spiro atoms. The van der Waals surface area contributed by atoms with E-state index in [4.69, 9.17) is 19.8 Å². The van der Waals surface area contributed by atoms with Gasteiger partial charge in [-0.1, -0.05) is 30.3 Å². The van der Waals surface area contributed by atoms with Crippen molar-refractivity contribution in [2.75, 3.05) is 26.2 Å². The number of carboxylic acids is 2. The molecular formula is C20H21N3O7. The Kier molecular flexibility index (Phi) is 8.00. The second-order valence-corrected chi connectivity index (χ2v) is 6.47. The highest BCUT2D eigenvalue weighted by molar-refractivity contribution is 6.27. The molecule has 0 aliphatic carbocycles. The van der Waals surface area contributed by atoms with Crippen LogP contribution in [0.5, 0.6) is 0 Å². The molecule has 3 rings (SSSR count). The maximum Gasteiger partial charge on any atom is 0.414 e. The van der Waals surface area contributed by atoms with E-state index >= 15 is 0 Å². The fourth-order valence-electron chi connectivity index (χ4n) is 2.90. The zero-order chi connectivity index (χ0) is 22.1. The van der Waals surface area contributed by atoms with E-state index in [0.29, 0.717) is 25.2 Å². The number of rotatable bonds is 4. The predicted molar refractivity (Wildman–Crippen MR) is 106 cm³/mol. The van der Waals surface area contributed by atoms with E-state index in [1.807, 2.05) is 41.3 Å². The average Bonchev–Trinajstić information content (AvgIpc) is 2.75. The molecule has 0 unspecified atom stereocenters. The van der Waals surface area contributed by atoms with Crippen molar-refractivity contribution >= 4 is 23.5 Å². The number of hydrogen-bond donors (Lipinski definition) is 2. The molecule has 1 saturated heterocycles. The molecule has 0 aromatic heterocycles. The summed E-state index contributed by atoms with van der Waals surface area (Å²) in [5.74, 6) is -3.59. The Morgan fingerprint density at radius 2 is 1.50 bits per heavy atom. The van der Waals surface area contributed by atoms with Gasteiger partial charge in [-0.2, -0.15) is 0 Å². The van der Waals surface area contributed by atoms with Crippen LogP contribution in [0.15, 0.2) is 54.6 Å². The number of nitro benzene ring substituents is 1. The summed E-state index contributed by atoms with van der Waals surface area (Å²) in [7, 11) is 0. The smallest absolute Gasteiger partial charge is 0.414 e. The highest BCUT2D eigenvalue weighted by Crippen LogP contribution is 2.16. The Labute approximate surface area is 172 Å². The Hall–Kier alpha value is -3.79. The second kappa shape index (κ2) is 10.7. The standard InChI is InChI=1S/C18H19N3O3.C2H2O4/c22-18(16-6-2-1-3-7-16)20-11-9-19(10-12-20)14-15-5-4-8-17(13-15)21(23)24;3-1(4)2(5)6/h1-8,13H,9-12,14H2;(H,3,4)(H,5,6). The largest absolute Gasteiger partial charge is 0.473 e. The third kappa shape index (κ3) is 6.67. The molecule has 0 atom stereocenters. The normalized spacial score (nSPS) is 13.7. The van der Waals surface area contributed by atoms with E-state index in [9.17, 15) is 14.9 Å². The van der Waals surface area contributed by atoms with Gasteiger partial charge in [-0.25, -0.2) is 9.59 Å². The first-order valence-corrected chi connectivity index (χ1v) is 9.04. The molecule has 2 N–H and O–H groups in total. The highest BCUT2D eigenvalue weighted by Gasteiger charge is 2.22. The zero-order valence-corrected chi connectivity index (χ0v) is 16.0. The monoisotopic (exact) mass is 415 g/mol. The van der Waals surface area contributed by atoms with Gasteiger partial charge in [0.05, 0.1) is 4.92 Å². The van der Waals surface area contributed by atoms with Gasteiger partial charge in [0, 0.05) is 50.4 Å². The van der Waals surface area contributed by atoms with Crippen LogP contribution in [0.3, 0.4) is 0 Å². The molecule has 1 aliphatic heterocycles. The van der Waals surface area contributed by atoms with Crippen LogP contribution in [-0.2, 0) is 16.1 Å². The minimum atomic E-state index is -1.82. The van der Waals surface area contributed by atoms with E-state index < -0.39 is 11.9 Å². The number of nitro groups is 1. The molecule has 1 amide bonds. The van der Waals surface area contributed by atoms with Crippen LogP contribution in [0.2, 0.25) is 0 Å². The fourth-order valence-corrected chi connectivity index (χ4v) is 2.90. The SMILES string of the molecule is O=C(O)C(=O)O.O=C(c1ccccc1)N1CCN(Cc2cccc([N+](=O)[O-])c2)CC1. The van der Waals surface area contributed by atoms with Crippen LogP contribution in [0.25, 0.3) is 0 Å². The van der Waals surface area contributed by atoms with E-state index in [0.717, 1.165) is 18.7 Å². The lowest BCUT2D eigenvalue weighted by Gasteiger charge is -2.34. The number of carboxylic acid groups (broad SMARTS) is 2. The predicted octanol–water partition coefficient (Wildman–Crippen LogP) is 1.71. The van der Waals surface area contributed by atoms with Crippen LogP contribution < -0.4 is 0 Å². The molecule has 158 valence electrons. The Balaban J connectivity index is 0.000000469. The van der Waals surface area contributed by atoms with Crippen molar-refractivity contribution in [1.82, 2.24) is 9.80 Å². The highest BCUT2D eigenvalue weighted by atomic mass is 16.6. The minimum Gasteiger partial charge on any atom is -0.473 e. The zero-order valence-electron chi connectivity index (χ0n) is 16.0. The van der Waals surface area contributed by atoms with Crippen molar-refractivity contribution in [3.05, 3.63) is 75.8 Å². The second-order valence-electron chi connectivity index (χ2n) is 6.47. The summed E-state index contributed by atoms with van der Waals surface area (Å²) in [6, 6.07) is 16.0. The van der Waals surface area contributed by atoms with Gasteiger partial charge < -0.3 is 15.1 Å². The molecule has 10 heteroatoms. The van der Waals surface area contributed by atoms with Crippen molar-refractivity contribution in [2.24, 2.45) is 0 Å². The van der Waals surface area contributed by atoms with Crippen LogP contribution in [0.4, 0.5) is 5.69 Å². The number of aliphatic carboxylic acids is 2. The van der Waals surface area contributed by atoms with Gasteiger partial charge in [0.1, 0.15) is 0 Å². The lowest BCUT2D eigenvalue weighted by Crippen LogP contribution is -2.48. The maximum absolute atomic E-state index is 12.4. The number of hydrogen-bond acceptors (Lipinski definition) is 6. The van der Waals surface area contributed by atoms with E-state index in [1.165, 1.54) is 6.07 Å². The quantitative estimate of drug-likeness (QED) is 0.437. The van der Waals surface area contributed by atoms with Gasteiger partial charge >= 0.3 is 11.9 Å². The van der Waals surface area contributed by atoms with E-state index in [1.54, 1.807) is 12.1 Å². The van der Waals surface area contributed by atoms with Crippen LogP contribution in [0, 0.1) is 10.1 Å². The molecule has 10 nitrogen and oxygen atoms in total. The molecule has 1 aliphatic rings. The van der Waals surface area contributed by atoms with Gasteiger partial charge in [-0.3, -0.25) is 19.8 Å². The van der Waals surface area contributed by atoms with Crippen molar-refractivity contribution in [2.45, 2.75) is 6.54 Å². The molecule has 0 bridgehead atoms. The fraction of sp³-hybridized carbons (Fsp3) is 0.250. The number of benzene rings is 2. The van der Waals surface area contributed by atoms with Gasteiger partial charge in [-0.15, -0.1) is 0 Å². The van der Waals surface area contributed by atoms with Gasteiger partial charge in [-0.05, 0) is 17.7 Å². The molecule has 2 aromatic rings. The molecule has 0 saturated carbocycles. The van der Waals surface area contributed by atoms with E-state index in [2.05, 4.69) is 4.90 Å². The van der Waals surface area contributed by atoms with Gasteiger partial charge in [0.25, 0.3) is 11.6 Å². The van der Waals surface area contributed by atoms with Gasteiger partial charge in [0.15, 0.2) is 0 Å². The summed E-state index contributed by atoms with van der Waals surface area (Å²) in [6.07, 6.45) is 0. The van der Waals surface area contributed by atoms with Gasteiger partial charge in [0.2, 0.25) is 0 Å². The van der Waals surface area contributed by atoms with Crippen molar-refractivity contribution in [1.29, 1.82) is 0 Å². The number of nitrogens with zero attached hydrogens (tertiary/aromatic N) is 3. The van der Waals surface area contributed by atoms with Crippen molar-refractivity contribution in [3.63, 3.8) is 0 Å². The number of amides is 1. The summed E-state index contributed by atoms with van der Waals surface area (Å²) >= 11 is 0. The Morgan fingerprint density at radius 1 is 0.900 bits per heavy atom. The lowest BCUT2D eigenvalue weighted by molar-refractivity contribution is -0.384. The van der Waals surface area contributed by atoms with Crippen LogP contribution >= 0.6 is 0 Å². The summed E-state index contributed by atoms with van der Waals surface area (Å²) in [6.45, 7) is 3.53. The third-order valence-electron chi connectivity index (χ3n) is 4.39. The Bertz CT molecular complexity index is 898. The van der Waals surface area contributed by atoms with Crippen molar-refractivity contribution in [3.8, 4) is 0 Å². The molecule has 1 heterocycles. The molecular weight excluding hydrogens is 394 g/mol. The van der Waals surface area contributed by atoms with E-state index in [-0.39, 0.29) is 16.5 Å². The van der Waals surface area contributed by atoms with Crippen LogP contribution in [0.1, 0.15) is 15.9 Å². The first kappa shape index (κ1) is 22.5. The van der Waals surface area contributed by atoms with Crippen molar-refractivity contribution < 1.29 is 29.5 Å². The maximum atomic E-state index is 12.4. The topological polar surface area (TPSA) is 141 Å². The Morgan fingerprint density at radius 3 is 2.03 bits per heavy atom. The first-order valence-electron chi connectivity index (χ1n) is 9.04. The summed E-state index contributed by atoms with van der Waals surface area (Å²) in [5, 5.41) is 25.6. The first-order chi connectivity index (χ1) is 14.3. The minimum absolute atomic E-state index is 0.0607. The lowest BCUT2D eigenvalue weighted by atomic mass is 10.1.